The van der Waals surface area contributed by atoms with Crippen LogP contribution in [0.4, 0.5) is 0 Å². The van der Waals surface area contributed by atoms with Crippen LogP contribution >= 0.6 is 0 Å². The second-order valence-electron chi connectivity index (χ2n) is 8.95. The minimum absolute atomic E-state index is 0.0566. The molecule has 3 atom stereocenters. The first-order chi connectivity index (χ1) is 15.6. The number of nitrogens with one attached hydrogen (secondary N) is 2. The molecule has 1 fully saturated rings. The van der Waals surface area contributed by atoms with Gasteiger partial charge in [0.2, 0.25) is 5.91 Å². The van der Waals surface area contributed by atoms with Crippen molar-refractivity contribution in [3.63, 3.8) is 0 Å². The molecule has 3 aliphatic rings. The number of carbonyl (C=O) groups is 2. The lowest BCUT2D eigenvalue weighted by Crippen LogP contribution is -2.53. The van der Waals surface area contributed by atoms with Crippen LogP contribution in [0.2, 0.25) is 0 Å². The van der Waals surface area contributed by atoms with Crippen LogP contribution in [0.1, 0.15) is 55.0 Å². The van der Waals surface area contributed by atoms with Crippen LogP contribution < -0.4 is 10.6 Å². The standard InChI is InChI=1S/C25H29N5O2/c1-16-7-2-3-9-18(16)24-23-20(15-26-25(23)32)28-19-10-4-5-11-21(19)30(24)22(31)13-12-17-8-6-14-27-29-17/h2-3,6-9,14,19,21,24,28H,4-5,10-13,15H2,1H3,(H,26,32)/t19-,21-,24-/m1/s1. The molecule has 1 aromatic carbocycles. The van der Waals surface area contributed by atoms with E-state index < -0.39 is 0 Å². The molecule has 1 aliphatic carbocycles. The summed E-state index contributed by atoms with van der Waals surface area (Å²) < 4.78 is 0. The van der Waals surface area contributed by atoms with Gasteiger partial charge in [-0.25, -0.2) is 0 Å². The van der Waals surface area contributed by atoms with Gasteiger partial charge in [0.05, 0.1) is 29.9 Å². The number of carbonyl (C=O) groups excluding carboxylic acids is 2. The molecule has 7 nitrogen and oxygen atoms in total. The van der Waals surface area contributed by atoms with Gasteiger partial charge in [-0.1, -0.05) is 37.1 Å². The molecule has 0 saturated heterocycles. The van der Waals surface area contributed by atoms with E-state index in [0.717, 1.165) is 48.2 Å². The van der Waals surface area contributed by atoms with Gasteiger partial charge >= 0.3 is 0 Å². The second-order valence-corrected chi connectivity index (χ2v) is 8.95. The molecule has 0 spiro atoms. The number of hydrogen-bond acceptors (Lipinski definition) is 5. The molecule has 0 unspecified atom stereocenters. The Balaban J connectivity index is 1.57. The Kier molecular flexibility index (Phi) is 5.64. The lowest BCUT2D eigenvalue weighted by molar-refractivity contribution is -0.137. The summed E-state index contributed by atoms with van der Waals surface area (Å²) in [6.45, 7) is 2.56. The van der Waals surface area contributed by atoms with E-state index in [4.69, 9.17) is 0 Å². The molecule has 3 heterocycles. The summed E-state index contributed by atoms with van der Waals surface area (Å²) in [4.78, 5) is 28.9. The number of aryl methyl sites for hydroxylation is 2. The van der Waals surface area contributed by atoms with Crippen molar-refractivity contribution in [1.82, 2.24) is 25.7 Å². The maximum Gasteiger partial charge on any atom is 0.251 e. The third-order valence-corrected chi connectivity index (χ3v) is 6.99. The SMILES string of the molecule is Cc1ccccc1[C@@H]1C2=C(CNC2=O)N[C@@H]2CCCC[C@H]2N1C(=O)CCc1cccnn1. The maximum absolute atomic E-state index is 13.9. The Morgan fingerprint density at radius 2 is 2.00 bits per heavy atom. The van der Waals surface area contributed by atoms with Crippen LogP contribution in [-0.4, -0.2) is 45.5 Å². The van der Waals surface area contributed by atoms with E-state index in [9.17, 15) is 9.59 Å². The van der Waals surface area contributed by atoms with E-state index in [0.29, 0.717) is 25.0 Å². The third kappa shape index (κ3) is 3.76. The number of aromatic nitrogens is 2. The van der Waals surface area contributed by atoms with Gasteiger partial charge in [-0.3, -0.25) is 9.59 Å². The highest BCUT2D eigenvalue weighted by atomic mass is 16.2. The number of benzene rings is 1. The van der Waals surface area contributed by atoms with Gasteiger partial charge in [0.1, 0.15) is 0 Å². The third-order valence-electron chi connectivity index (χ3n) is 6.99. The molecule has 2 aliphatic heterocycles. The fraction of sp³-hybridized carbons (Fsp3) is 0.440. The van der Waals surface area contributed by atoms with Crippen LogP contribution in [0.5, 0.6) is 0 Å². The van der Waals surface area contributed by atoms with Crippen molar-refractivity contribution in [3.05, 3.63) is 70.7 Å². The molecule has 0 radical (unpaired) electrons. The van der Waals surface area contributed by atoms with E-state index in [-0.39, 0.29) is 29.9 Å². The Hall–Kier alpha value is -3.22. The monoisotopic (exact) mass is 431 g/mol. The number of nitrogens with zero attached hydrogens (tertiary/aromatic N) is 3. The summed E-state index contributed by atoms with van der Waals surface area (Å²) in [5.74, 6) is -0.0119. The molecule has 2 N–H and O–H groups in total. The van der Waals surface area contributed by atoms with Crippen molar-refractivity contribution in [2.24, 2.45) is 0 Å². The number of rotatable bonds is 4. The minimum atomic E-state index is -0.386. The Morgan fingerprint density at radius 1 is 1.16 bits per heavy atom. The smallest absolute Gasteiger partial charge is 0.251 e. The van der Waals surface area contributed by atoms with Crippen LogP contribution in [0.25, 0.3) is 0 Å². The van der Waals surface area contributed by atoms with Gasteiger partial charge in [0.15, 0.2) is 0 Å². The van der Waals surface area contributed by atoms with E-state index in [1.807, 2.05) is 29.2 Å². The first-order valence-electron chi connectivity index (χ1n) is 11.5. The molecule has 32 heavy (non-hydrogen) atoms. The van der Waals surface area contributed by atoms with Gasteiger partial charge in [-0.05, 0) is 43.0 Å². The maximum atomic E-state index is 13.9. The lowest BCUT2D eigenvalue weighted by Gasteiger charge is -2.43. The number of amides is 2. The van der Waals surface area contributed by atoms with E-state index in [1.165, 1.54) is 0 Å². The molecule has 2 amide bonds. The van der Waals surface area contributed by atoms with Gasteiger partial charge in [0.25, 0.3) is 5.91 Å². The fourth-order valence-electron chi connectivity index (χ4n) is 5.44. The van der Waals surface area contributed by atoms with E-state index in [1.54, 1.807) is 6.20 Å². The molecule has 1 saturated carbocycles. The van der Waals surface area contributed by atoms with Crippen LogP contribution in [0.15, 0.2) is 53.9 Å². The highest BCUT2D eigenvalue weighted by molar-refractivity contribution is 5.99. The van der Waals surface area contributed by atoms with E-state index >= 15 is 0 Å². The Labute approximate surface area is 188 Å². The van der Waals surface area contributed by atoms with Gasteiger partial charge in [0, 0.05) is 30.8 Å². The van der Waals surface area contributed by atoms with Crippen LogP contribution in [0.3, 0.4) is 0 Å². The zero-order chi connectivity index (χ0) is 22.1. The van der Waals surface area contributed by atoms with Crippen molar-refractivity contribution >= 4 is 11.8 Å². The average Bonchev–Trinajstić information content (AvgIpc) is 3.09. The second kappa shape index (κ2) is 8.73. The summed E-state index contributed by atoms with van der Waals surface area (Å²) in [5.41, 5.74) is 4.56. The van der Waals surface area contributed by atoms with Crippen molar-refractivity contribution in [3.8, 4) is 0 Å². The molecule has 5 rings (SSSR count). The topological polar surface area (TPSA) is 87.2 Å². The molecule has 1 aromatic heterocycles. The molecule has 2 aromatic rings. The normalized spacial score (nSPS) is 24.8. The molecular weight excluding hydrogens is 402 g/mol. The van der Waals surface area contributed by atoms with Gasteiger partial charge in [-0.15, -0.1) is 0 Å². The molecule has 166 valence electrons. The summed E-state index contributed by atoms with van der Waals surface area (Å²) in [5, 5.41) is 14.7. The predicted octanol–water partition coefficient (Wildman–Crippen LogP) is 2.59. The number of hydrogen-bond donors (Lipinski definition) is 2. The van der Waals surface area contributed by atoms with E-state index in [2.05, 4.69) is 39.9 Å². The van der Waals surface area contributed by atoms with Gasteiger partial charge < -0.3 is 15.5 Å². The first kappa shape index (κ1) is 20.7. The first-order valence-corrected chi connectivity index (χ1v) is 11.5. The highest BCUT2D eigenvalue weighted by Gasteiger charge is 2.46. The van der Waals surface area contributed by atoms with Crippen LogP contribution in [0, 0.1) is 6.92 Å². The lowest BCUT2D eigenvalue weighted by atomic mass is 9.86. The zero-order valence-corrected chi connectivity index (χ0v) is 18.4. The fourth-order valence-corrected chi connectivity index (χ4v) is 5.44. The predicted molar refractivity (Wildman–Crippen MR) is 120 cm³/mol. The van der Waals surface area contributed by atoms with Crippen molar-refractivity contribution in [1.29, 1.82) is 0 Å². The van der Waals surface area contributed by atoms with Crippen molar-refractivity contribution in [2.75, 3.05) is 6.54 Å². The average molecular weight is 432 g/mol. The van der Waals surface area contributed by atoms with Gasteiger partial charge in [-0.2, -0.15) is 10.2 Å². The number of fused-ring (bicyclic) bond motifs is 1. The molecule has 0 bridgehead atoms. The summed E-state index contributed by atoms with van der Waals surface area (Å²) in [6.07, 6.45) is 6.69. The summed E-state index contributed by atoms with van der Waals surface area (Å²) >= 11 is 0. The summed E-state index contributed by atoms with van der Waals surface area (Å²) in [6, 6.07) is 11.7. The largest absolute Gasteiger partial charge is 0.382 e. The Bertz CT molecular complexity index is 1050. The molecular formula is C25H29N5O2. The van der Waals surface area contributed by atoms with Crippen LogP contribution in [-0.2, 0) is 16.0 Å². The molecule has 7 heteroatoms. The quantitative estimate of drug-likeness (QED) is 0.777. The summed E-state index contributed by atoms with van der Waals surface area (Å²) in [7, 11) is 0. The van der Waals surface area contributed by atoms with Crippen molar-refractivity contribution in [2.45, 2.75) is 63.6 Å². The minimum Gasteiger partial charge on any atom is -0.382 e. The zero-order valence-electron chi connectivity index (χ0n) is 18.4. The Morgan fingerprint density at radius 3 is 2.81 bits per heavy atom. The highest BCUT2D eigenvalue weighted by Crippen LogP contribution is 2.41. The van der Waals surface area contributed by atoms with Crippen molar-refractivity contribution < 1.29 is 9.59 Å².